The molecule has 0 amide bonds. The average Bonchev–Trinajstić information content (AvgIpc) is 3.36. The zero-order valence-corrected chi connectivity index (χ0v) is 19.0. The first-order valence-corrected chi connectivity index (χ1v) is 10.4. The van der Waals surface area contributed by atoms with Crippen molar-refractivity contribution in [3.8, 4) is 28.9 Å². The minimum absolute atomic E-state index is 0.108. The third kappa shape index (κ3) is 5.94. The summed E-state index contributed by atoms with van der Waals surface area (Å²) in [7, 11) is 0. The van der Waals surface area contributed by atoms with Gasteiger partial charge in [-0.2, -0.15) is 0 Å². The molecule has 2 aromatic heterocycles. The van der Waals surface area contributed by atoms with Crippen LogP contribution in [0.3, 0.4) is 0 Å². The average molecular weight is 510 g/mol. The molecule has 2 heterocycles. The third-order valence-electron chi connectivity index (χ3n) is 4.03. The molecular formula is C21H19BrF3N5O2. The topological polar surface area (TPSA) is 78.9 Å². The highest BCUT2D eigenvalue weighted by molar-refractivity contribution is 9.10. The molecule has 0 atom stereocenters. The van der Waals surface area contributed by atoms with Gasteiger partial charge in [-0.1, -0.05) is 41.9 Å². The Labute approximate surface area is 190 Å². The van der Waals surface area contributed by atoms with Gasteiger partial charge in [0, 0.05) is 10.0 Å². The molecule has 0 fully saturated rings. The fraction of sp³-hybridized carbons (Fsp3) is 0.238. The van der Waals surface area contributed by atoms with Crippen molar-refractivity contribution in [2.24, 2.45) is 0 Å². The highest BCUT2D eigenvalue weighted by Gasteiger charge is 2.31. The largest absolute Gasteiger partial charge is 0.573 e. The smallest absolute Gasteiger partial charge is 0.413 e. The number of hydrogen-bond donors (Lipinski definition) is 0. The van der Waals surface area contributed by atoms with Crippen LogP contribution in [0.5, 0.6) is 5.75 Å². The summed E-state index contributed by atoms with van der Waals surface area (Å²) in [6.07, 6.45) is -4.75. The van der Waals surface area contributed by atoms with Crippen molar-refractivity contribution in [3.05, 3.63) is 64.4 Å². The van der Waals surface area contributed by atoms with Crippen LogP contribution in [-0.4, -0.2) is 31.3 Å². The lowest BCUT2D eigenvalue weighted by atomic mass is 10.2. The summed E-state index contributed by atoms with van der Waals surface area (Å²) in [5, 5.41) is 12.3. The van der Waals surface area contributed by atoms with E-state index in [1.54, 1.807) is 4.68 Å². The Bertz CT molecular complexity index is 1170. The molecule has 0 unspecified atom stereocenters. The quantitative estimate of drug-likeness (QED) is 0.326. The van der Waals surface area contributed by atoms with Crippen molar-refractivity contribution in [2.75, 3.05) is 0 Å². The van der Waals surface area contributed by atoms with E-state index < -0.39 is 6.36 Å². The number of hydrogen-bond acceptors (Lipinski definition) is 6. The number of ether oxygens (including phenoxy) is 1. The number of rotatable bonds is 5. The van der Waals surface area contributed by atoms with Crippen molar-refractivity contribution in [1.29, 1.82) is 0 Å². The minimum Gasteiger partial charge on any atom is -0.413 e. The maximum Gasteiger partial charge on any atom is 0.573 e. The van der Waals surface area contributed by atoms with Gasteiger partial charge in [-0.25, -0.2) is 9.67 Å². The molecule has 0 radical (unpaired) electrons. The lowest BCUT2D eigenvalue weighted by Crippen LogP contribution is -2.16. The summed E-state index contributed by atoms with van der Waals surface area (Å²) in [5.41, 5.74) is 1.48. The third-order valence-corrected chi connectivity index (χ3v) is 4.52. The Morgan fingerprint density at radius 2 is 1.72 bits per heavy atom. The van der Waals surface area contributed by atoms with Gasteiger partial charge in [0.2, 0.25) is 11.7 Å². The lowest BCUT2D eigenvalue weighted by Gasteiger charge is -2.08. The van der Waals surface area contributed by atoms with Gasteiger partial charge in [0.25, 0.3) is 5.89 Å². The molecule has 7 nitrogen and oxygen atoms in total. The van der Waals surface area contributed by atoms with Gasteiger partial charge in [-0.3, -0.25) is 0 Å². The minimum atomic E-state index is -4.75. The second-order valence-electron chi connectivity index (χ2n) is 6.25. The predicted molar refractivity (Wildman–Crippen MR) is 115 cm³/mol. The van der Waals surface area contributed by atoms with Gasteiger partial charge in [-0.05, 0) is 48.9 Å². The van der Waals surface area contributed by atoms with Crippen molar-refractivity contribution >= 4 is 15.9 Å². The summed E-state index contributed by atoms with van der Waals surface area (Å²) >= 11 is 3.44. The van der Waals surface area contributed by atoms with Gasteiger partial charge in [-0.15, -0.1) is 28.5 Å². The van der Waals surface area contributed by atoms with E-state index in [1.807, 2.05) is 45.0 Å². The van der Waals surface area contributed by atoms with Gasteiger partial charge in [0.1, 0.15) is 11.6 Å². The molecule has 0 aliphatic rings. The highest BCUT2D eigenvalue weighted by Crippen LogP contribution is 2.27. The number of alkyl halides is 3. The molecule has 2 aromatic carbocycles. The van der Waals surface area contributed by atoms with Crippen molar-refractivity contribution in [2.45, 2.75) is 33.7 Å². The first-order chi connectivity index (χ1) is 15.3. The molecular weight excluding hydrogens is 491 g/mol. The van der Waals surface area contributed by atoms with Crippen LogP contribution in [0.15, 0.2) is 57.4 Å². The van der Waals surface area contributed by atoms with Crippen LogP contribution in [0.4, 0.5) is 13.2 Å². The SMILES string of the molecule is CC.Cc1nc(-c2nnc(-c3ccc(OC(F)(F)F)cc3)o2)nn1Cc1cccc(Br)c1. The molecule has 4 rings (SSSR count). The standard InChI is InChI=1S/C19H13BrF3N5O2.C2H6/c1-11-24-16(27-28(11)10-12-3-2-4-14(20)9-12)18-26-25-17(29-18)13-5-7-15(8-6-13)30-19(21,22)23;1-2/h2-9H,10H2,1H3;1-2H3. The molecule has 0 N–H and O–H groups in total. The molecule has 0 aliphatic heterocycles. The first-order valence-electron chi connectivity index (χ1n) is 9.63. The van der Waals surface area contributed by atoms with E-state index in [-0.39, 0.29) is 23.4 Å². The van der Waals surface area contributed by atoms with Crippen LogP contribution in [0.2, 0.25) is 0 Å². The number of nitrogens with zero attached hydrogens (tertiary/aromatic N) is 5. The van der Waals surface area contributed by atoms with E-state index in [1.165, 1.54) is 24.3 Å². The Balaban J connectivity index is 0.00000141. The molecule has 32 heavy (non-hydrogen) atoms. The van der Waals surface area contributed by atoms with Crippen molar-refractivity contribution in [3.63, 3.8) is 0 Å². The number of benzene rings is 2. The Hall–Kier alpha value is -3.21. The molecule has 0 bridgehead atoms. The summed E-state index contributed by atoms with van der Waals surface area (Å²) in [6.45, 7) is 6.32. The zero-order chi connectivity index (χ0) is 23.3. The van der Waals surface area contributed by atoms with Gasteiger partial charge >= 0.3 is 6.36 Å². The second-order valence-corrected chi connectivity index (χ2v) is 7.17. The molecule has 0 spiro atoms. The molecule has 4 aromatic rings. The van der Waals surface area contributed by atoms with Crippen molar-refractivity contribution in [1.82, 2.24) is 25.0 Å². The lowest BCUT2D eigenvalue weighted by molar-refractivity contribution is -0.274. The van der Waals surface area contributed by atoms with E-state index in [2.05, 4.69) is 40.9 Å². The highest BCUT2D eigenvalue weighted by atomic mass is 79.9. The van der Waals surface area contributed by atoms with Crippen molar-refractivity contribution < 1.29 is 22.3 Å². The predicted octanol–water partition coefficient (Wildman–Crippen LogP) is 6.04. The fourth-order valence-corrected chi connectivity index (χ4v) is 3.14. The van der Waals surface area contributed by atoms with E-state index >= 15 is 0 Å². The molecule has 0 saturated heterocycles. The van der Waals surface area contributed by atoms with Crippen LogP contribution in [0.25, 0.3) is 23.2 Å². The van der Waals surface area contributed by atoms with Crippen LogP contribution in [0.1, 0.15) is 25.2 Å². The second kappa shape index (κ2) is 9.94. The Morgan fingerprint density at radius 3 is 2.38 bits per heavy atom. The molecule has 0 saturated carbocycles. The molecule has 11 heteroatoms. The van der Waals surface area contributed by atoms with Crippen LogP contribution >= 0.6 is 15.9 Å². The number of halogens is 4. The van der Waals surface area contributed by atoms with E-state index in [0.29, 0.717) is 17.9 Å². The van der Waals surface area contributed by atoms with Crippen LogP contribution in [-0.2, 0) is 6.54 Å². The monoisotopic (exact) mass is 509 g/mol. The Morgan fingerprint density at radius 1 is 1.03 bits per heavy atom. The van der Waals surface area contributed by atoms with Crippen LogP contribution < -0.4 is 4.74 Å². The van der Waals surface area contributed by atoms with E-state index in [9.17, 15) is 13.2 Å². The number of aromatic nitrogens is 5. The normalized spacial score (nSPS) is 11.1. The Kier molecular flexibility index (Phi) is 7.29. The summed E-state index contributed by atoms with van der Waals surface area (Å²) < 4.78 is 48.9. The fourth-order valence-electron chi connectivity index (χ4n) is 2.70. The van der Waals surface area contributed by atoms with E-state index in [4.69, 9.17) is 4.42 Å². The zero-order valence-electron chi connectivity index (χ0n) is 17.4. The maximum atomic E-state index is 12.3. The summed E-state index contributed by atoms with van der Waals surface area (Å²) in [6, 6.07) is 12.9. The van der Waals surface area contributed by atoms with Gasteiger partial charge in [0.05, 0.1) is 6.54 Å². The van der Waals surface area contributed by atoms with Gasteiger partial charge < -0.3 is 9.15 Å². The maximum absolute atomic E-state index is 12.3. The molecule has 0 aliphatic carbocycles. The summed E-state index contributed by atoms with van der Waals surface area (Å²) in [5.74, 6) is 0.826. The number of aryl methyl sites for hydroxylation is 1. The molecule has 168 valence electrons. The van der Waals surface area contributed by atoms with Gasteiger partial charge in [0.15, 0.2) is 0 Å². The van der Waals surface area contributed by atoms with Crippen LogP contribution in [0, 0.1) is 6.92 Å². The first kappa shape index (κ1) is 23.5. The summed E-state index contributed by atoms with van der Waals surface area (Å²) in [4.78, 5) is 4.36. The van der Waals surface area contributed by atoms with E-state index in [0.717, 1.165) is 10.0 Å².